The van der Waals surface area contributed by atoms with E-state index in [9.17, 15) is 4.79 Å². The second kappa shape index (κ2) is 6.36. The van der Waals surface area contributed by atoms with Gasteiger partial charge in [0, 0.05) is 38.4 Å². The number of carbonyl (C=O) groups is 1. The summed E-state index contributed by atoms with van der Waals surface area (Å²) in [6, 6.07) is 0. The smallest absolute Gasteiger partial charge is 0.227 e. The Balaban J connectivity index is 1.46. The lowest BCUT2D eigenvalue weighted by molar-refractivity contribution is -0.133. The van der Waals surface area contributed by atoms with E-state index in [2.05, 4.69) is 15.5 Å². The summed E-state index contributed by atoms with van der Waals surface area (Å²) in [5.41, 5.74) is 0.454. The van der Waals surface area contributed by atoms with Gasteiger partial charge < -0.3 is 14.7 Å². The topological polar surface area (TPSA) is 71.3 Å². The van der Waals surface area contributed by atoms with Gasteiger partial charge in [-0.25, -0.2) is 0 Å². The van der Waals surface area contributed by atoms with E-state index >= 15 is 0 Å². The molecule has 0 bridgehead atoms. The van der Waals surface area contributed by atoms with Crippen molar-refractivity contribution in [3.63, 3.8) is 0 Å². The summed E-state index contributed by atoms with van der Waals surface area (Å²) >= 11 is 0. The van der Waals surface area contributed by atoms with E-state index in [0.717, 1.165) is 44.8 Å². The number of carbonyl (C=O) groups excluding carboxylic acids is 1. The Hall–Kier alpha value is -1.43. The maximum atomic E-state index is 12.3. The molecule has 122 valence electrons. The Bertz CT molecular complexity index is 510. The fourth-order valence-electron chi connectivity index (χ4n) is 3.43. The molecule has 1 amide bonds. The zero-order valence-corrected chi connectivity index (χ0v) is 13.6. The van der Waals surface area contributed by atoms with Gasteiger partial charge in [0.2, 0.25) is 11.8 Å². The molecule has 22 heavy (non-hydrogen) atoms. The highest BCUT2D eigenvalue weighted by molar-refractivity contribution is 5.76. The van der Waals surface area contributed by atoms with Gasteiger partial charge in [0.15, 0.2) is 5.82 Å². The molecule has 1 aromatic rings. The SMILES string of the molecule is CC(C)c1noc(CCC(=O)N2CCC3(CCNC3)CC2)n1. The highest BCUT2D eigenvalue weighted by Gasteiger charge is 2.37. The average molecular weight is 306 g/mol. The van der Waals surface area contributed by atoms with Gasteiger partial charge in [-0.05, 0) is 31.2 Å². The maximum Gasteiger partial charge on any atom is 0.227 e. The number of nitrogens with zero attached hydrogens (tertiary/aromatic N) is 3. The molecular weight excluding hydrogens is 280 g/mol. The van der Waals surface area contributed by atoms with Crippen molar-refractivity contribution in [1.29, 1.82) is 0 Å². The van der Waals surface area contributed by atoms with E-state index in [1.54, 1.807) is 0 Å². The minimum Gasteiger partial charge on any atom is -0.343 e. The van der Waals surface area contributed by atoms with Gasteiger partial charge in [-0.3, -0.25) is 4.79 Å². The number of rotatable bonds is 4. The molecule has 3 heterocycles. The van der Waals surface area contributed by atoms with Crippen molar-refractivity contribution in [2.45, 2.75) is 51.9 Å². The molecule has 1 aromatic heterocycles. The lowest BCUT2D eigenvalue weighted by atomic mass is 9.78. The van der Waals surface area contributed by atoms with Gasteiger partial charge in [-0.1, -0.05) is 19.0 Å². The molecule has 6 nitrogen and oxygen atoms in total. The molecule has 0 aromatic carbocycles. The van der Waals surface area contributed by atoms with Crippen LogP contribution in [-0.2, 0) is 11.2 Å². The van der Waals surface area contributed by atoms with Gasteiger partial charge in [-0.15, -0.1) is 0 Å². The van der Waals surface area contributed by atoms with Crippen LogP contribution < -0.4 is 5.32 Å². The van der Waals surface area contributed by atoms with Gasteiger partial charge in [0.1, 0.15) is 0 Å². The molecule has 0 aliphatic carbocycles. The van der Waals surface area contributed by atoms with Crippen LogP contribution >= 0.6 is 0 Å². The number of hydrogen-bond donors (Lipinski definition) is 1. The molecule has 0 saturated carbocycles. The first kappa shape index (κ1) is 15.5. The Labute approximate surface area is 131 Å². The molecule has 6 heteroatoms. The third-order valence-electron chi connectivity index (χ3n) is 5.06. The second-order valence-corrected chi connectivity index (χ2v) is 7.01. The first-order valence-electron chi connectivity index (χ1n) is 8.39. The first-order chi connectivity index (χ1) is 10.6. The van der Waals surface area contributed by atoms with Crippen LogP contribution in [0.25, 0.3) is 0 Å². The fraction of sp³-hybridized carbons (Fsp3) is 0.812. The molecule has 1 N–H and O–H groups in total. The standard InChI is InChI=1S/C16H26N4O2/c1-12(2)15-18-13(22-19-15)3-4-14(21)20-9-6-16(7-10-20)5-8-17-11-16/h12,17H,3-11H2,1-2H3. The Morgan fingerprint density at radius 3 is 2.73 bits per heavy atom. The summed E-state index contributed by atoms with van der Waals surface area (Å²) in [4.78, 5) is 18.7. The van der Waals surface area contributed by atoms with Crippen molar-refractivity contribution < 1.29 is 9.32 Å². The van der Waals surface area contributed by atoms with Crippen molar-refractivity contribution in [3.8, 4) is 0 Å². The van der Waals surface area contributed by atoms with Gasteiger partial charge in [0.25, 0.3) is 0 Å². The number of nitrogens with one attached hydrogen (secondary N) is 1. The van der Waals surface area contributed by atoms with Gasteiger partial charge in [-0.2, -0.15) is 4.98 Å². The zero-order chi connectivity index (χ0) is 15.6. The molecule has 3 rings (SSSR count). The van der Waals surface area contributed by atoms with E-state index in [1.165, 1.54) is 6.42 Å². The summed E-state index contributed by atoms with van der Waals surface area (Å²) in [5.74, 6) is 1.76. The van der Waals surface area contributed by atoms with Crippen LogP contribution in [0.4, 0.5) is 0 Å². The maximum absolute atomic E-state index is 12.3. The molecule has 0 atom stereocenters. The first-order valence-corrected chi connectivity index (χ1v) is 8.39. The Morgan fingerprint density at radius 1 is 1.36 bits per heavy atom. The molecular formula is C16H26N4O2. The number of piperidine rings is 1. The monoisotopic (exact) mass is 306 g/mol. The normalized spacial score (nSPS) is 21.0. The summed E-state index contributed by atoms with van der Waals surface area (Å²) < 4.78 is 5.20. The van der Waals surface area contributed by atoms with Crippen molar-refractivity contribution in [2.75, 3.05) is 26.2 Å². The summed E-state index contributed by atoms with van der Waals surface area (Å²) in [7, 11) is 0. The molecule has 2 aliphatic rings. The predicted octanol–water partition coefficient (Wildman–Crippen LogP) is 1.73. The van der Waals surface area contributed by atoms with Crippen molar-refractivity contribution in [1.82, 2.24) is 20.4 Å². The summed E-state index contributed by atoms with van der Waals surface area (Å²) in [5, 5.41) is 7.39. The molecule has 1 spiro atoms. The zero-order valence-electron chi connectivity index (χ0n) is 13.6. The van der Waals surface area contributed by atoms with E-state index in [4.69, 9.17) is 4.52 Å². The number of likely N-dealkylation sites (tertiary alicyclic amines) is 1. The van der Waals surface area contributed by atoms with Crippen LogP contribution in [0, 0.1) is 5.41 Å². The minimum absolute atomic E-state index is 0.213. The number of aromatic nitrogens is 2. The Kier molecular flexibility index (Phi) is 4.47. The quantitative estimate of drug-likeness (QED) is 0.917. The van der Waals surface area contributed by atoms with Crippen molar-refractivity contribution >= 4 is 5.91 Å². The lowest BCUT2D eigenvalue weighted by Gasteiger charge is -2.38. The van der Waals surface area contributed by atoms with Crippen molar-refractivity contribution in [3.05, 3.63) is 11.7 Å². The van der Waals surface area contributed by atoms with E-state index in [-0.39, 0.29) is 11.8 Å². The molecule has 0 unspecified atom stereocenters. The van der Waals surface area contributed by atoms with E-state index in [1.807, 2.05) is 18.7 Å². The average Bonchev–Trinajstić information content (AvgIpc) is 3.15. The van der Waals surface area contributed by atoms with Crippen LogP contribution in [0.1, 0.15) is 57.2 Å². The van der Waals surface area contributed by atoms with Crippen LogP contribution in [0.5, 0.6) is 0 Å². The van der Waals surface area contributed by atoms with Crippen LogP contribution in [-0.4, -0.2) is 47.1 Å². The highest BCUT2D eigenvalue weighted by Crippen LogP contribution is 2.37. The lowest BCUT2D eigenvalue weighted by Crippen LogP contribution is -2.44. The van der Waals surface area contributed by atoms with E-state index < -0.39 is 0 Å². The molecule has 0 radical (unpaired) electrons. The van der Waals surface area contributed by atoms with Crippen LogP contribution in [0.15, 0.2) is 4.52 Å². The van der Waals surface area contributed by atoms with Crippen molar-refractivity contribution in [2.24, 2.45) is 5.41 Å². The minimum atomic E-state index is 0.213. The third kappa shape index (κ3) is 3.32. The third-order valence-corrected chi connectivity index (χ3v) is 5.06. The fourth-order valence-corrected chi connectivity index (χ4v) is 3.43. The van der Waals surface area contributed by atoms with Crippen LogP contribution in [0.3, 0.4) is 0 Å². The van der Waals surface area contributed by atoms with Gasteiger partial charge in [0.05, 0.1) is 0 Å². The highest BCUT2D eigenvalue weighted by atomic mass is 16.5. The summed E-state index contributed by atoms with van der Waals surface area (Å²) in [6.45, 7) is 8.09. The number of amides is 1. The number of aryl methyl sites for hydroxylation is 1. The predicted molar refractivity (Wildman–Crippen MR) is 82.4 cm³/mol. The molecule has 2 aliphatic heterocycles. The second-order valence-electron chi connectivity index (χ2n) is 7.01. The molecule has 2 saturated heterocycles. The Morgan fingerprint density at radius 2 is 2.14 bits per heavy atom. The molecule has 2 fully saturated rings. The largest absolute Gasteiger partial charge is 0.343 e. The van der Waals surface area contributed by atoms with Gasteiger partial charge >= 0.3 is 0 Å². The van der Waals surface area contributed by atoms with Crippen LogP contribution in [0.2, 0.25) is 0 Å². The summed E-state index contributed by atoms with van der Waals surface area (Å²) in [6.07, 6.45) is 4.52. The van der Waals surface area contributed by atoms with E-state index in [0.29, 0.717) is 24.1 Å². The number of hydrogen-bond acceptors (Lipinski definition) is 5.